The van der Waals surface area contributed by atoms with Crippen LogP contribution in [0.2, 0.25) is 0 Å². The van der Waals surface area contributed by atoms with E-state index in [1.807, 2.05) is 41.1 Å². The molecule has 9 heteroatoms. The molecule has 1 aliphatic rings. The Bertz CT molecular complexity index is 2650. The molecule has 304 valence electrons. The molecule has 0 radical (unpaired) electrons. The molecular formula is C52H49N7O2. The highest BCUT2D eigenvalue weighted by Crippen LogP contribution is 2.43. The van der Waals surface area contributed by atoms with Crippen molar-refractivity contribution < 1.29 is 9.59 Å². The van der Waals surface area contributed by atoms with Gasteiger partial charge in [-0.25, -0.2) is 9.67 Å². The van der Waals surface area contributed by atoms with Crippen LogP contribution in [-0.2, 0) is 28.1 Å². The number of nitrogens with zero attached hydrogens (tertiary/aromatic N) is 6. The van der Waals surface area contributed by atoms with Crippen molar-refractivity contribution in [3.63, 3.8) is 0 Å². The van der Waals surface area contributed by atoms with Crippen molar-refractivity contribution in [2.75, 3.05) is 5.32 Å². The molecule has 2 heterocycles. The number of unbranched alkanes of at least 4 members (excludes halogenated alkanes) is 1. The second kappa shape index (κ2) is 17.7. The highest BCUT2D eigenvalue weighted by atomic mass is 16.2. The van der Waals surface area contributed by atoms with E-state index < -0.39 is 5.54 Å². The van der Waals surface area contributed by atoms with E-state index in [1.54, 1.807) is 0 Å². The van der Waals surface area contributed by atoms with Crippen molar-refractivity contribution in [2.24, 2.45) is 11.8 Å². The monoisotopic (exact) mass is 803 g/mol. The second-order valence-corrected chi connectivity index (χ2v) is 16.1. The van der Waals surface area contributed by atoms with Crippen LogP contribution in [-0.4, -0.2) is 42.0 Å². The Hall–Kier alpha value is -7.00. The zero-order chi connectivity index (χ0) is 41.6. The predicted molar refractivity (Wildman–Crippen MR) is 241 cm³/mol. The fourth-order valence-electron chi connectivity index (χ4n) is 9.23. The van der Waals surface area contributed by atoms with Crippen LogP contribution in [0.3, 0.4) is 0 Å². The average Bonchev–Trinajstić information content (AvgIpc) is 3.95. The Labute approximate surface area is 356 Å². The van der Waals surface area contributed by atoms with Crippen molar-refractivity contribution in [1.82, 2.24) is 29.8 Å². The Balaban J connectivity index is 1.05. The van der Waals surface area contributed by atoms with E-state index in [2.05, 4.69) is 143 Å². The Morgan fingerprint density at radius 1 is 0.754 bits per heavy atom. The maximum absolute atomic E-state index is 13.3. The average molecular weight is 804 g/mol. The third-order valence-electron chi connectivity index (χ3n) is 12.3. The van der Waals surface area contributed by atoms with Crippen LogP contribution in [0.1, 0.15) is 73.5 Å². The van der Waals surface area contributed by atoms with Gasteiger partial charge in [0.15, 0.2) is 5.82 Å². The maximum Gasteiger partial charge on any atom is 0.228 e. The lowest BCUT2D eigenvalue weighted by Gasteiger charge is -2.36. The first kappa shape index (κ1) is 39.5. The van der Waals surface area contributed by atoms with E-state index in [1.165, 1.54) is 0 Å². The fourth-order valence-corrected chi connectivity index (χ4v) is 9.23. The first-order chi connectivity index (χ1) is 30.1. The second-order valence-electron chi connectivity index (χ2n) is 16.1. The van der Waals surface area contributed by atoms with Crippen molar-refractivity contribution in [3.8, 4) is 22.5 Å². The van der Waals surface area contributed by atoms with Gasteiger partial charge in [-0.1, -0.05) is 166 Å². The fraction of sp³-hybridized carbons (Fsp3) is 0.231. The summed E-state index contributed by atoms with van der Waals surface area (Å²) in [5.41, 5.74) is 8.97. The number of carbonyl (C=O) groups is 2. The molecule has 1 fully saturated rings. The summed E-state index contributed by atoms with van der Waals surface area (Å²) in [6.45, 7) is 2.84. The molecule has 0 aliphatic heterocycles. The van der Waals surface area contributed by atoms with Gasteiger partial charge in [-0.05, 0) is 81.3 Å². The third-order valence-corrected chi connectivity index (χ3v) is 12.3. The van der Waals surface area contributed by atoms with Crippen LogP contribution in [0.4, 0.5) is 5.69 Å². The number of aldehydes is 1. The van der Waals surface area contributed by atoms with Gasteiger partial charge >= 0.3 is 0 Å². The predicted octanol–water partition coefficient (Wildman–Crippen LogP) is 10.5. The van der Waals surface area contributed by atoms with E-state index in [4.69, 9.17) is 15.3 Å². The van der Waals surface area contributed by atoms with Crippen LogP contribution < -0.4 is 5.32 Å². The van der Waals surface area contributed by atoms with Gasteiger partial charge in [0.2, 0.25) is 5.91 Å². The minimum atomic E-state index is -0.871. The van der Waals surface area contributed by atoms with Gasteiger partial charge in [0.1, 0.15) is 17.6 Å². The molecule has 0 unspecified atom stereocenters. The topological polar surface area (TPSA) is 108 Å². The van der Waals surface area contributed by atoms with Crippen molar-refractivity contribution in [3.05, 3.63) is 186 Å². The van der Waals surface area contributed by atoms with Crippen molar-refractivity contribution in [2.45, 2.75) is 64.0 Å². The van der Waals surface area contributed by atoms with E-state index in [9.17, 15) is 9.59 Å². The largest absolute Gasteiger partial charge is 0.326 e. The van der Waals surface area contributed by atoms with Gasteiger partial charge in [0.25, 0.3) is 0 Å². The summed E-state index contributed by atoms with van der Waals surface area (Å²) in [5, 5.41) is 17.0. The molecule has 1 amide bonds. The zero-order valence-electron chi connectivity index (χ0n) is 34.4. The zero-order valence-corrected chi connectivity index (χ0v) is 34.4. The lowest BCUT2D eigenvalue weighted by molar-refractivity contribution is -0.126. The highest BCUT2D eigenvalue weighted by molar-refractivity contribution is 5.96. The van der Waals surface area contributed by atoms with E-state index in [0.29, 0.717) is 18.1 Å². The standard InChI is InChI=1S/C52H49N7O2/c1-2-3-27-49-54-47-34-43(53-51(61)45-25-14-13-17-39(45)36-60)32-33-48(47)58(49)35-37-28-30-38(31-29-37)44-24-15-16-26-46(44)50-55-56-57-59(50)52(40-18-7-4-8-19-40,41-20-9-5-10-21-41)42-22-11-6-12-23-42/h4-12,15-16,18-24,26,28-34,36,39,45H,2-3,13-14,17,25,27,35H2,1H3,(H,53,61)/t39-,45-/m1/s1. The minimum Gasteiger partial charge on any atom is -0.326 e. The molecule has 2 atom stereocenters. The molecule has 6 aromatic carbocycles. The summed E-state index contributed by atoms with van der Waals surface area (Å²) in [5.74, 6) is 1.10. The molecular weight excluding hydrogens is 755 g/mol. The maximum atomic E-state index is 13.3. The summed E-state index contributed by atoms with van der Waals surface area (Å²) in [6, 6.07) is 54.4. The number of nitrogens with one attached hydrogen (secondary N) is 1. The van der Waals surface area contributed by atoms with Crippen molar-refractivity contribution in [1.29, 1.82) is 0 Å². The van der Waals surface area contributed by atoms with Crippen LogP contribution in [0.25, 0.3) is 33.5 Å². The number of fused-ring (bicyclic) bond motifs is 1. The number of tetrazole rings is 1. The van der Waals surface area contributed by atoms with E-state index >= 15 is 0 Å². The number of benzene rings is 6. The summed E-state index contributed by atoms with van der Waals surface area (Å²) < 4.78 is 4.28. The number of rotatable bonds is 14. The number of carbonyl (C=O) groups excluding carboxylic acids is 2. The molecule has 0 saturated heterocycles. The van der Waals surface area contributed by atoms with Crippen LogP contribution >= 0.6 is 0 Å². The van der Waals surface area contributed by atoms with Crippen LogP contribution in [0.5, 0.6) is 0 Å². The van der Waals surface area contributed by atoms with E-state index in [0.717, 1.165) is 107 Å². The van der Waals surface area contributed by atoms with Gasteiger partial charge in [-0.3, -0.25) is 4.79 Å². The van der Waals surface area contributed by atoms with Gasteiger partial charge < -0.3 is 14.7 Å². The van der Waals surface area contributed by atoms with Gasteiger partial charge in [0, 0.05) is 36.1 Å². The number of imidazole rings is 1. The lowest BCUT2D eigenvalue weighted by Crippen LogP contribution is -2.39. The molecule has 1 aliphatic carbocycles. The Kier molecular flexibility index (Phi) is 11.4. The van der Waals surface area contributed by atoms with Gasteiger partial charge in [-0.2, -0.15) is 0 Å². The lowest BCUT2D eigenvalue weighted by atomic mass is 9.77. The third kappa shape index (κ3) is 7.68. The number of amides is 1. The minimum absolute atomic E-state index is 0.0807. The summed E-state index contributed by atoms with van der Waals surface area (Å²) in [4.78, 5) is 30.1. The normalized spacial score (nSPS) is 15.4. The number of aromatic nitrogens is 6. The summed E-state index contributed by atoms with van der Waals surface area (Å²) in [7, 11) is 0. The molecule has 1 saturated carbocycles. The quantitative estimate of drug-likeness (QED) is 0.0866. The van der Waals surface area contributed by atoms with Gasteiger partial charge in [0.05, 0.1) is 11.0 Å². The van der Waals surface area contributed by atoms with Crippen LogP contribution in [0, 0.1) is 11.8 Å². The summed E-state index contributed by atoms with van der Waals surface area (Å²) >= 11 is 0. The molecule has 61 heavy (non-hydrogen) atoms. The molecule has 9 rings (SSSR count). The van der Waals surface area contributed by atoms with Gasteiger partial charge in [-0.15, -0.1) is 5.10 Å². The number of aryl methyl sites for hydroxylation is 1. The molecule has 9 nitrogen and oxygen atoms in total. The SMILES string of the molecule is CCCCc1nc2cc(NC(=O)[C@@H]3CCCC[C@@H]3C=O)ccc2n1Cc1ccc(-c2ccccc2-c2nnnn2C(c2ccccc2)(c2ccccc2)c2ccccc2)cc1. The van der Waals surface area contributed by atoms with Crippen molar-refractivity contribution >= 4 is 28.9 Å². The molecule has 0 bridgehead atoms. The Morgan fingerprint density at radius 3 is 2.02 bits per heavy atom. The molecule has 2 aromatic heterocycles. The van der Waals surface area contributed by atoms with Crippen LogP contribution in [0.15, 0.2) is 158 Å². The summed E-state index contributed by atoms with van der Waals surface area (Å²) in [6.07, 6.45) is 7.38. The number of anilines is 1. The number of hydrogen-bond donors (Lipinski definition) is 1. The number of hydrogen-bond acceptors (Lipinski definition) is 6. The van der Waals surface area contributed by atoms with E-state index in [-0.39, 0.29) is 17.7 Å². The molecule has 8 aromatic rings. The highest BCUT2D eigenvalue weighted by Gasteiger charge is 2.42. The smallest absolute Gasteiger partial charge is 0.228 e. The first-order valence-corrected chi connectivity index (χ1v) is 21.5. The molecule has 1 N–H and O–H groups in total. The Morgan fingerprint density at radius 2 is 1.38 bits per heavy atom. The molecule has 0 spiro atoms. The first-order valence-electron chi connectivity index (χ1n) is 21.5.